The van der Waals surface area contributed by atoms with Gasteiger partial charge in [0.1, 0.15) is 11.3 Å². The molecule has 1 atom stereocenters. The van der Waals surface area contributed by atoms with Crippen LogP contribution in [0.15, 0.2) is 28.9 Å². The molecular weight excluding hydrogens is 400 g/mol. The van der Waals surface area contributed by atoms with Crippen molar-refractivity contribution in [1.29, 1.82) is 0 Å². The largest absolute Gasteiger partial charge is 0.459 e. The second kappa shape index (κ2) is 7.50. The van der Waals surface area contributed by atoms with E-state index in [1.165, 1.54) is 6.42 Å². The second-order valence-electron chi connectivity index (χ2n) is 8.95. The van der Waals surface area contributed by atoms with Gasteiger partial charge in [-0.05, 0) is 37.8 Å². The van der Waals surface area contributed by atoms with Gasteiger partial charge in [0.2, 0.25) is 5.91 Å². The van der Waals surface area contributed by atoms with Crippen LogP contribution in [-0.2, 0) is 16.9 Å². The van der Waals surface area contributed by atoms with Gasteiger partial charge in [-0.15, -0.1) is 0 Å². The molecule has 0 radical (unpaired) electrons. The van der Waals surface area contributed by atoms with E-state index < -0.39 is 0 Å². The predicted molar refractivity (Wildman–Crippen MR) is 119 cm³/mol. The summed E-state index contributed by atoms with van der Waals surface area (Å²) in [5.74, 6) is 1.63. The Labute approximate surface area is 181 Å². The van der Waals surface area contributed by atoms with Gasteiger partial charge in [0.15, 0.2) is 0 Å². The molecule has 6 nitrogen and oxygen atoms in total. The van der Waals surface area contributed by atoms with E-state index in [0.717, 1.165) is 78.9 Å². The van der Waals surface area contributed by atoms with Crippen LogP contribution in [0, 0.1) is 5.92 Å². The zero-order valence-electron chi connectivity index (χ0n) is 17.2. The van der Waals surface area contributed by atoms with Gasteiger partial charge in [0, 0.05) is 24.0 Å². The molecule has 5 rings (SSSR count). The molecule has 1 saturated carbocycles. The summed E-state index contributed by atoms with van der Waals surface area (Å²) in [6.45, 7) is 5.75. The van der Waals surface area contributed by atoms with Crippen LogP contribution in [0.3, 0.4) is 0 Å². The molecule has 4 N–H and O–H groups in total. The number of hydrogen-bond acceptors (Lipinski definition) is 5. The quantitative estimate of drug-likeness (QED) is 0.673. The van der Waals surface area contributed by atoms with Crippen LogP contribution in [-0.4, -0.2) is 23.9 Å². The Balaban J connectivity index is 1.56. The van der Waals surface area contributed by atoms with Gasteiger partial charge in [-0.25, -0.2) is 0 Å². The highest BCUT2D eigenvalue weighted by Crippen LogP contribution is 2.49. The summed E-state index contributed by atoms with van der Waals surface area (Å²) >= 11 is 6.70. The average Bonchev–Trinajstić information content (AvgIpc) is 3.12. The SMILES string of the molecule is C=C1Nc2c(Cl)cc3cc(CN4CCCC(CN)C4=O)oc3c2C2(CCCCC2)N1. The number of carbonyl (C=O) groups excluding carboxylic acids is 1. The van der Waals surface area contributed by atoms with Crippen LogP contribution < -0.4 is 16.4 Å². The van der Waals surface area contributed by atoms with E-state index in [9.17, 15) is 4.79 Å². The van der Waals surface area contributed by atoms with Crippen LogP contribution in [0.5, 0.6) is 0 Å². The lowest BCUT2D eigenvalue weighted by Gasteiger charge is -2.44. The molecule has 7 heteroatoms. The first-order valence-electron chi connectivity index (χ1n) is 11.0. The van der Waals surface area contributed by atoms with E-state index in [0.29, 0.717) is 18.1 Å². The summed E-state index contributed by atoms with van der Waals surface area (Å²) in [4.78, 5) is 14.6. The average molecular weight is 429 g/mol. The number of nitrogens with zero attached hydrogens (tertiary/aromatic N) is 1. The number of piperidine rings is 1. The number of amides is 1. The number of hydrogen-bond donors (Lipinski definition) is 3. The van der Waals surface area contributed by atoms with Crippen molar-refractivity contribution >= 4 is 34.2 Å². The van der Waals surface area contributed by atoms with Gasteiger partial charge >= 0.3 is 0 Å². The van der Waals surface area contributed by atoms with Crippen LogP contribution in [0.2, 0.25) is 5.02 Å². The Bertz CT molecular complexity index is 1010. The summed E-state index contributed by atoms with van der Waals surface area (Å²) in [5.41, 5.74) is 8.44. The third kappa shape index (κ3) is 3.17. The minimum atomic E-state index is -0.209. The number of furan rings is 1. The predicted octanol–water partition coefficient (Wildman–Crippen LogP) is 4.43. The van der Waals surface area contributed by atoms with E-state index in [-0.39, 0.29) is 17.4 Å². The monoisotopic (exact) mass is 428 g/mol. The van der Waals surface area contributed by atoms with Crippen LogP contribution in [0.4, 0.5) is 5.69 Å². The standard InChI is InChI=1S/C23H29ClN4O2/c1-14-26-20-18(24)11-16-10-17(13-28-9-5-6-15(12-25)22(28)29)30-21(16)19(20)23(27-14)7-3-2-4-8-23/h10-11,15,26-27H,1-9,12-13,25H2. The molecule has 30 heavy (non-hydrogen) atoms. The van der Waals surface area contributed by atoms with Gasteiger partial charge in [-0.3, -0.25) is 4.79 Å². The van der Waals surface area contributed by atoms with Crippen molar-refractivity contribution in [2.45, 2.75) is 57.0 Å². The van der Waals surface area contributed by atoms with E-state index >= 15 is 0 Å². The van der Waals surface area contributed by atoms with Gasteiger partial charge < -0.3 is 25.7 Å². The zero-order chi connectivity index (χ0) is 20.9. The zero-order valence-corrected chi connectivity index (χ0v) is 18.0. The Morgan fingerprint density at radius 3 is 2.83 bits per heavy atom. The summed E-state index contributed by atoms with van der Waals surface area (Å²) in [5, 5.41) is 8.60. The molecule has 1 aliphatic carbocycles. The molecule has 1 amide bonds. The van der Waals surface area contributed by atoms with Crippen molar-refractivity contribution in [3.8, 4) is 0 Å². The molecule has 1 unspecified atom stereocenters. The maximum atomic E-state index is 12.7. The lowest BCUT2D eigenvalue weighted by molar-refractivity contribution is -0.138. The number of likely N-dealkylation sites (tertiary alicyclic amines) is 1. The van der Waals surface area contributed by atoms with Crippen molar-refractivity contribution in [2.75, 3.05) is 18.4 Å². The third-order valence-electron chi connectivity index (χ3n) is 6.93. The Morgan fingerprint density at radius 2 is 2.07 bits per heavy atom. The fourth-order valence-electron chi connectivity index (χ4n) is 5.51. The van der Waals surface area contributed by atoms with E-state index in [1.54, 1.807) is 0 Å². The fourth-order valence-corrected chi connectivity index (χ4v) is 5.77. The Hall–Kier alpha value is -2.18. The van der Waals surface area contributed by atoms with Crippen LogP contribution in [0.25, 0.3) is 11.0 Å². The minimum absolute atomic E-state index is 0.0738. The first-order chi connectivity index (χ1) is 14.5. The third-order valence-corrected chi connectivity index (χ3v) is 7.23. The molecule has 2 aromatic rings. The van der Waals surface area contributed by atoms with E-state index in [2.05, 4.69) is 17.2 Å². The normalized spacial score (nSPS) is 23.4. The lowest BCUT2D eigenvalue weighted by Crippen LogP contribution is -2.48. The summed E-state index contributed by atoms with van der Waals surface area (Å²) in [7, 11) is 0. The second-order valence-corrected chi connectivity index (χ2v) is 9.35. The molecule has 160 valence electrons. The lowest BCUT2D eigenvalue weighted by atomic mass is 9.74. The highest BCUT2D eigenvalue weighted by Gasteiger charge is 2.42. The Morgan fingerprint density at radius 1 is 1.27 bits per heavy atom. The molecule has 2 aliphatic heterocycles. The number of rotatable bonds is 3. The molecular formula is C23H29ClN4O2. The number of benzene rings is 1. The molecule has 1 spiro atoms. The molecule has 3 heterocycles. The molecule has 2 fully saturated rings. The smallest absolute Gasteiger partial charge is 0.227 e. The number of anilines is 1. The molecule has 3 aliphatic rings. The number of nitrogens with one attached hydrogen (secondary N) is 2. The van der Waals surface area contributed by atoms with Crippen molar-refractivity contribution in [3.63, 3.8) is 0 Å². The minimum Gasteiger partial charge on any atom is -0.459 e. The maximum absolute atomic E-state index is 12.7. The van der Waals surface area contributed by atoms with Gasteiger partial charge in [-0.1, -0.05) is 37.4 Å². The van der Waals surface area contributed by atoms with Gasteiger partial charge in [0.05, 0.1) is 34.5 Å². The summed E-state index contributed by atoms with van der Waals surface area (Å²) in [6, 6.07) is 3.98. The number of carbonyl (C=O) groups is 1. The molecule has 1 aromatic carbocycles. The Kier molecular flexibility index (Phi) is 4.94. The highest BCUT2D eigenvalue weighted by molar-refractivity contribution is 6.34. The number of fused-ring (bicyclic) bond motifs is 4. The number of halogens is 1. The maximum Gasteiger partial charge on any atom is 0.227 e. The van der Waals surface area contributed by atoms with Crippen LogP contribution in [0.1, 0.15) is 56.3 Å². The summed E-state index contributed by atoms with van der Waals surface area (Å²) < 4.78 is 6.41. The van der Waals surface area contributed by atoms with E-state index in [4.69, 9.17) is 21.8 Å². The molecule has 0 bridgehead atoms. The topological polar surface area (TPSA) is 83.5 Å². The molecule has 1 aromatic heterocycles. The summed E-state index contributed by atoms with van der Waals surface area (Å²) in [6.07, 6.45) is 7.45. The van der Waals surface area contributed by atoms with Crippen molar-refractivity contribution < 1.29 is 9.21 Å². The fraction of sp³-hybridized carbons (Fsp3) is 0.522. The van der Waals surface area contributed by atoms with Crippen molar-refractivity contribution in [1.82, 2.24) is 10.2 Å². The molecule has 1 saturated heterocycles. The van der Waals surface area contributed by atoms with Gasteiger partial charge in [-0.2, -0.15) is 0 Å². The van der Waals surface area contributed by atoms with Crippen LogP contribution >= 0.6 is 11.6 Å². The van der Waals surface area contributed by atoms with Gasteiger partial charge in [0.25, 0.3) is 0 Å². The van der Waals surface area contributed by atoms with Crippen molar-refractivity contribution in [2.24, 2.45) is 11.7 Å². The first kappa shape index (κ1) is 19.8. The van der Waals surface area contributed by atoms with E-state index in [1.807, 2.05) is 17.0 Å². The van der Waals surface area contributed by atoms with Crippen molar-refractivity contribution in [3.05, 3.63) is 40.9 Å². The first-order valence-corrected chi connectivity index (χ1v) is 11.4. The highest BCUT2D eigenvalue weighted by atomic mass is 35.5. The number of nitrogens with two attached hydrogens (primary N) is 1.